The van der Waals surface area contributed by atoms with Crippen molar-refractivity contribution >= 4 is 17.7 Å². The molecule has 21 heavy (non-hydrogen) atoms. The van der Waals surface area contributed by atoms with Gasteiger partial charge in [-0.05, 0) is 5.56 Å². The Morgan fingerprint density at radius 1 is 1.38 bits per heavy atom. The minimum atomic E-state index is -0.468. The van der Waals surface area contributed by atoms with Crippen molar-refractivity contribution in [2.24, 2.45) is 0 Å². The number of rotatable bonds is 3. The first-order valence-corrected chi connectivity index (χ1v) is 7.62. The topological polar surface area (TPSA) is 61.2 Å². The smallest absolute Gasteiger partial charge is 0.309 e. The molecule has 0 spiro atoms. The molecular formula is C15H14N2O3S. The number of benzene rings is 1. The van der Waals surface area contributed by atoms with E-state index in [1.54, 1.807) is 4.57 Å². The normalized spacial score (nSPS) is 13.0. The Morgan fingerprint density at radius 2 is 2.14 bits per heavy atom. The number of esters is 1. The Morgan fingerprint density at radius 3 is 2.86 bits per heavy atom. The summed E-state index contributed by atoms with van der Waals surface area (Å²) >= 11 is 1.50. The second kappa shape index (κ2) is 5.73. The largest absolute Gasteiger partial charge is 0.407 e. The lowest BCUT2D eigenvalue weighted by molar-refractivity contribution is -0.132. The van der Waals surface area contributed by atoms with E-state index in [-0.39, 0.29) is 11.4 Å². The predicted molar refractivity (Wildman–Crippen MR) is 79.8 cm³/mol. The molecule has 1 aliphatic heterocycles. The molecule has 0 radical (unpaired) electrons. The van der Waals surface area contributed by atoms with Crippen LogP contribution < -0.4 is 10.3 Å². The number of carbonyl (C=O) groups excluding carboxylic acids is 1. The quantitative estimate of drug-likeness (QED) is 0.640. The van der Waals surface area contributed by atoms with Crippen LogP contribution in [-0.2, 0) is 17.8 Å². The fraction of sp³-hybridized carbons (Fsp3) is 0.267. The maximum atomic E-state index is 12.6. The monoisotopic (exact) mass is 302 g/mol. The summed E-state index contributed by atoms with van der Waals surface area (Å²) < 4.78 is 6.80. The van der Waals surface area contributed by atoms with Crippen LogP contribution in [0.15, 0.2) is 40.3 Å². The highest BCUT2D eigenvalue weighted by Crippen LogP contribution is 2.26. The van der Waals surface area contributed by atoms with Crippen LogP contribution in [0.2, 0.25) is 0 Å². The van der Waals surface area contributed by atoms with Crippen LogP contribution in [0.5, 0.6) is 5.88 Å². The van der Waals surface area contributed by atoms with Gasteiger partial charge in [-0.25, -0.2) is 0 Å². The minimum absolute atomic E-state index is 0.120. The Hall–Kier alpha value is -2.08. The van der Waals surface area contributed by atoms with Gasteiger partial charge >= 0.3 is 5.97 Å². The van der Waals surface area contributed by atoms with Crippen molar-refractivity contribution in [2.75, 3.05) is 5.75 Å². The molecule has 1 aromatic heterocycles. The van der Waals surface area contributed by atoms with Crippen LogP contribution in [0, 0.1) is 0 Å². The van der Waals surface area contributed by atoms with Gasteiger partial charge < -0.3 is 4.74 Å². The number of fused-ring (bicyclic) bond motifs is 1. The van der Waals surface area contributed by atoms with Crippen molar-refractivity contribution in [1.29, 1.82) is 0 Å². The number of hydrogen-bond acceptors (Lipinski definition) is 5. The maximum Gasteiger partial charge on any atom is 0.309 e. The van der Waals surface area contributed by atoms with Gasteiger partial charge in [-0.3, -0.25) is 14.2 Å². The van der Waals surface area contributed by atoms with Crippen molar-refractivity contribution in [2.45, 2.75) is 25.0 Å². The molecule has 0 fully saturated rings. The SMILES string of the molecule is CC(=O)Oc1nc2n(c(=O)c1Cc1ccccc1)CCS2. The van der Waals surface area contributed by atoms with Crippen molar-refractivity contribution in [3.63, 3.8) is 0 Å². The molecule has 2 aromatic rings. The number of thioether (sulfide) groups is 1. The summed E-state index contributed by atoms with van der Waals surface area (Å²) in [5.41, 5.74) is 1.30. The molecule has 0 atom stereocenters. The van der Waals surface area contributed by atoms with Gasteiger partial charge in [0.15, 0.2) is 5.16 Å². The molecule has 0 aliphatic carbocycles. The highest BCUT2D eigenvalue weighted by atomic mass is 32.2. The van der Waals surface area contributed by atoms with Gasteiger partial charge in [0, 0.05) is 25.6 Å². The fourth-order valence-electron chi connectivity index (χ4n) is 2.26. The summed E-state index contributed by atoms with van der Waals surface area (Å²) in [5.74, 6) is 0.484. The lowest BCUT2D eigenvalue weighted by atomic mass is 10.1. The third kappa shape index (κ3) is 2.85. The van der Waals surface area contributed by atoms with Gasteiger partial charge in [0.2, 0.25) is 5.88 Å². The summed E-state index contributed by atoms with van der Waals surface area (Å²) in [5, 5.41) is 0.619. The van der Waals surface area contributed by atoms with Crippen molar-refractivity contribution in [3.8, 4) is 5.88 Å². The average molecular weight is 302 g/mol. The number of hydrogen-bond donors (Lipinski definition) is 0. The zero-order valence-electron chi connectivity index (χ0n) is 11.5. The van der Waals surface area contributed by atoms with Crippen LogP contribution in [0.25, 0.3) is 0 Å². The van der Waals surface area contributed by atoms with E-state index in [2.05, 4.69) is 4.98 Å². The summed E-state index contributed by atoms with van der Waals surface area (Å²) in [6.45, 7) is 1.96. The number of ether oxygens (including phenoxy) is 1. The van der Waals surface area contributed by atoms with Crippen LogP contribution in [0.4, 0.5) is 0 Å². The van der Waals surface area contributed by atoms with E-state index in [9.17, 15) is 9.59 Å². The van der Waals surface area contributed by atoms with E-state index in [0.717, 1.165) is 11.3 Å². The fourth-order valence-corrected chi connectivity index (χ4v) is 3.20. The molecule has 0 saturated heterocycles. The average Bonchev–Trinajstić information content (AvgIpc) is 2.92. The van der Waals surface area contributed by atoms with E-state index < -0.39 is 5.97 Å². The molecule has 5 nitrogen and oxygen atoms in total. The van der Waals surface area contributed by atoms with Crippen molar-refractivity contribution in [1.82, 2.24) is 9.55 Å². The summed E-state index contributed by atoms with van der Waals surface area (Å²) in [7, 11) is 0. The molecule has 0 bridgehead atoms. The molecule has 0 N–H and O–H groups in total. The Bertz CT molecular complexity index is 741. The Kier molecular flexibility index (Phi) is 3.79. The van der Waals surface area contributed by atoms with Crippen molar-refractivity contribution in [3.05, 3.63) is 51.8 Å². The van der Waals surface area contributed by atoms with E-state index in [4.69, 9.17) is 4.74 Å². The second-order valence-corrected chi connectivity index (χ2v) is 5.80. The van der Waals surface area contributed by atoms with Gasteiger partial charge in [-0.15, -0.1) is 0 Å². The first kappa shape index (κ1) is 13.9. The molecule has 0 saturated carbocycles. The molecule has 0 amide bonds. The summed E-state index contributed by atoms with van der Waals surface area (Å²) in [6, 6.07) is 9.61. The second-order valence-electron chi connectivity index (χ2n) is 4.74. The molecule has 108 valence electrons. The highest BCUT2D eigenvalue weighted by molar-refractivity contribution is 7.99. The first-order chi connectivity index (χ1) is 10.1. The zero-order chi connectivity index (χ0) is 14.8. The summed E-state index contributed by atoms with van der Waals surface area (Å²) in [4.78, 5) is 28.2. The zero-order valence-corrected chi connectivity index (χ0v) is 12.4. The third-order valence-corrected chi connectivity index (χ3v) is 4.16. The molecule has 1 aliphatic rings. The van der Waals surface area contributed by atoms with Crippen molar-refractivity contribution < 1.29 is 9.53 Å². The standard InChI is InChI=1S/C15H14N2O3S/c1-10(18)20-13-12(9-11-5-3-2-4-6-11)14(19)17-7-8-21-15(17)16-13/h2-6H,7-9H2,1H3. The van der Waals surface area contributed by atoms with Gasteiger partial charge in [0.1, 0.15) is 0 Å². The number of aromatic nitrogens is 2. The molecule has 3 rings (SSSR count). The predicted octanol–water partition coefficient (Wildman–Crippen LogP) is 1.87. The minimum Gasteiger partial charge on any atom is -0.407 e. The summed E-state index contributed by atoms with van der Waals surface area (Å²) in [6.07, 6.45) is 0.403. The number of nitrogens with zero attached hydrogens (tertiary/aromatic N) is 2. The number of carbonyl (C=O) groups is 1. The van der Waals surface area contributed by atoms with E-state index in [1.165, 1.54) is 18.7 Å². The van der Waals surface area contributed by atoms with E-state index >= 15 is 0 Å². The van der Waals surface area contributed by atoms with Gasteiger partial charge in [0.25, 0.3) is 5.56 Å². The Balaban J connectivity index is 2.08. The lowest BCUT2D eigenvalue weighted by Crippen LogP contribution is -2.26. The van der Waals surface area contributed by atoms with E-state index in [1.807, 2.05) is 30.3 Å². The first-order valence-electron chi connectivity index (χ1n) is 6.64. The van der Waals surface area contributed by atoms with Crippen LogP contribution in [0.3, 0.4) is 0 Å². The highest BCUT2D eigenvalue weighted by Gasteiger charge is 2.22. The molecule has 6 heteroatoms. The van der Waals surface area contributed by atoms with Crippen LogP contribution in [-0.4, -0.2) is 21.3 Å². The van der Waals surface area contributed by atoms with Gasteiger partial charge in [-0.1, -0.05) is 42.1 Å². The molecule has 2 heterocycles. The lowest BCUT2D eigenvalue weighted by Gasteiger charge is -2.10. The molecule has 1 aromatic carbocycles. The van der Waals surface area contributed by atoms with E-state index in [0.29, 0.717) is 23.7 Å². The van der Waals surface area contributed by atoms with Gasteiger partial charge in [-0.2, -0.15) is 4.98 Å². The molecule has 0 unspecified atom stereocenters. The van der Waals surface area contributed by atoms with Crippen LogP contribution >= 0.6 is 11.8 Å². The van der Waals surface area contributed by atoms with Crippen LogP contribution in [0.1, 0.15) is 18.1 Å². The van der Waals surface area contributed by atoms with Gasteiger partial charge in [0.05, 0.1) is 5.56 Å². The Labute approximate surface area is 126 Å². The third-order valence-electron chi connectivity index (χ3n) is 3.20. The molecular weight excluding hydrogens is 288 g/mol. The maximum absolute atomic E-state index is 12.6.